The second-order valence-corrected chi connectivity index (χ2v) is 10.3. The van der Waals surface area contributed by atoms with E-state index in [0.717, 1.165) is 70.3 Å². The molecule has 10 heteroatoms. The van der Waals surface area contributed by atoms with Gasteiger partial charge in [0.1, 0.15) is 0 Å². The standard InChI is InChI=1S/C28H28N8OS/c1-35-10-12-36(13-11-35)18-25(37)31-23-4-2-3-20(15-23)27-33-24-9-14-38-26(24)28(34-27)32-22-7-5-19(6-8-22)21-16-29-30-17-21/h2-9,14-17H,10-13,18H2,1H3,(H,29,30)(H,31,37)(H,32,33,34). The molecule has 0 unspecified atom stereocenters. The van der Waals surface area contributed by atoms with Gasteiger partial charge in [-0.3, -0.25) is 14.8 Å². The van der Waals surface area contributed by atoms with E-state index in [4.69, 9.17) is 9.97 Å². The van der Waals surface area contributed by atoms with Gasteiger partial charge in [-0.2, -0.15) is 5.10 Å². The topological polar surface area (TPSA) is 102 Å². The summed E-state index contributed by atoms with van der Waals surface area (Å²) in [6.07, 6.45) is 3.68. The number of benzene rings is 2. The van der Waals surface area contributed by atoms with Crippen LogP contribution in [0.5, 0.6) is 0 Å². The van der Waals surface area contributed by atoms with Crippen molar-refractivity contribution >= 4 is 44.7 Å². The zero-order valence-corrected chi connectivity index (χ0v) is 21.8. The van der Waals surface area contributed by atoms with Gasteiger partial charge in [-0.25, -0.2) is 9.97 Å². The molecule has 38 heavy (non-hydrogen) atoms. The predicted molar refractivity (Wildman–Crippen MR) is 153 cm³/mol. The van der Waals surface area contributed by atoms with Crippen molar-refractivity contribution in [2.24, 2.45) is 0 Å². The number of fused-ring (bicyclic) bond motifs is 1. The molecule has 3 N–H and O–H groups in total. The number of nitrogens with zero attached hydrogens (tertiary/aromatic N) is 5. The number of likely N-dealkylation sites (N-methyl/N-ethyl adjacent to an activating group) is 1. The Kier molecular flexibility index (Phi) is 6.82. The van der Waals surface area contributed by atoms with Gasteiger partial charge in [0.15, 0.2) is 11.6 Å². The molecule has 5 aromatic rings. The van der Waals surface area contributed by atoms with E-state index in [1.54, 1.807) is 17.5 Å². The van der Waals surface area contributed by atoms with Crippen molar-refractivity contribution in [3.05, 3.63) is 72.4 Å². The summed E-state index contributed by atoms with van der Waals surface area (Å²) >= 11 is 1.60. The van der Waals surface area contributed by atoms with Crippen molar-refractivity contribution in [2.45, 2.75) is 0 Å². The lowest BCUT2D eigenvalue weighted by molar-refractivity contribution is -0.117. The Morgan fingerprint density at radius 1 is 0.974 bits per heavy atom. The zero-order chi connectivity index (χ0) is 25.9. The fourth-order valence-corrected chi connectivity index (χ4v) is 5.29. The van der Waals surface area contributed by atoms with Crippen LogP contribution in [0.25, 0.3) is 32.7 Å². The number of hydrogen-bond acceptors (Lipinski definition) is 8. The Bertz CT molecular complexity index is 1540. The van der Waals surface area contributed by atoms with Crippen LogP contribution >= 0.6 is 11.3 Å². The first-order valence-electron chi connectivity index (χ1n) is 12.5. The third kappa shape index (κ3) is 5.42. The van der Waals surface area contributed by atoms with Crippen molar-refractivity contribution in [1.29, 1.82) is 0 Å². The Balaban J connectivity index is 1.21. The third-order valence-electron chi connectivity index (χ3n) is 6.65. The molecule has 1 fully saturated rings. The van der Waals surface area contributed by atoms with Gasteiger partial charge < -0.3 is 15.5 Å². The van der Waals surface area contributed by atoms with Crippen LogP contribution in [0, 0.1) is 0 Å². The number of H-pyrrole nitrogens is 1. The van der Waals surface area contributed by atoms with Crippen LogP contribution < -0.4 is 10.6 Å². The number of anilines is 3. The Morgan fingerprint density at radius 3 is 2.61 bits per heavy atom. The van der Waals surface area contributed by atoms with E-state index in [-0.39, 0.29) is 5.91 Å². The van der Waals surface area contributed by atoms with Crippen LogP contribution in [0.2, 0.25) is 0 Å². The second-order valence-electron chi connectivity index (χ2n) is 9.43. The number of carbonyl (C=O) groups is 1. The molecule has 0 bridgehead atoms. The highest BCUT2D eigenvalue weighted by atomic mass is 32.1. The molecular weight excluding hydrogens is 496 g/mol. The van der Waals surface area contributed by atoms with Crippen LogP contribution in [0.15, 0.2) is 72.4 Å². The summed E-state index contributed by atoms with van der Waals surface area (Å²) in [6.45, 7) is 4.16. The summed E-state index contributed by atoms with van der Waals surface area (Å²) in [7, 11) is 2.11. The van der Waals surface area contributed by atoms with Crippen molar-refractivity contribution in [3.63, 3.8) is 0 Å². The van der Waals surface area contributed by atoms with Gasteiger partial charge in [0.2, 0.25) is 5.91 Å². The largest absolute Gasteiger partial charge is 0.339 e. The van der Waals surface area contributed by atoms with Crippen LogP contribution in [-0.4, -0.2) is 75.6 Å². The summed E-state index contributed by atoms with van der Waals surface area (Å²) in [5.74, 6) is 1.34. The number of amides is 1. The molecule has 1 aliphatic rings. The molecule has 3 aromatic heterocycles. The fraction of sp³-hybridized carbons (Fsp3) is 0.214. The first-order valence-corrected chi connectivity index (χ1v) is 13.4. The maximum atomic E-state index is 12.7. The Labute approximate surface area is 224 Å². The van der Waals surface area contributed by atoms with Crippen molar-refractivity contribution in [3.8, 4) is 22.5 Å². The summed E-state index contributed by atoms with van der Waals surface area (Å²) in [6, 6.07) is 17.9. The monoisotopic (exact) mass is 524 g/mol. The number of carbonyl (C=O) groups excluding carboxylic acids is 1. The predicted octanol–water partition coefficient (Wildman–Crippen LogP) is 4.68. The maximum Gasteiger partial charge on any atom is 0.238 e. The number of hydrogen-bond donors (Lipinski definition) is 3. The normalized spacial score (nSPS) is 14.6. The molecule has 6 rings (SSSR count). The first-order chi connectivity index (χ1) is 18.6. The van der Waals surface area contributed by atoms with Gasteiger partial charge in [0.05, 0.1) is 23.0 Å². The molecule has 2 aromatic carbocycles. The van der Waals surface area contributed by atoms with Crippen molar-refractivity contribution < 1.29 is 4.79 Å². The summed E-state index contributed by atoms with van der Waals surface area (Å²) < 4.78 is 0.990. The first kappa shape index (κ1) is 24.2. The molecule has 4 heterocycles. The van der Waals surface area contributed by atoms with Gasteiger partial charge in [-0.1, -0.05) is 24.3 Å². The lowest BCUT2D eigenvalue weighted by atomic mass is 10.1. The van der Waals surface area contributed by atoms with E-state index in [1.807, 2.05) is 54.0 Å². The quantitative estimate of drug-likeness (QED) is 0.284. The molecule has 1 saturated heterocycles. The van der Waals surface area contributed by atoms with Gasteiger partial charge in [-0.05, 0) is 48.3 Å². The van der Waals surface area contributed by atoms with E-state index in [1.165, 1.54) is 0 Å². The zero-order valence-electron chi connectivity index (χ0n) is 21.0. The molecule has 0 spiro atoms. The van der Waals surface area contributed by atoms with Gasteiger partial charge in [0.25, 0.3) is 0 Å². The molecular formula is C28H28N8OS. The molecule has 1 aliphatic heterocycles. The molecule has 0 radical (unpaired) electrons. The van der Waals surface area contributed by atoms with Gasteiger partial charge >= 0.3 is 0 Å². The van der Waals surface area contributed by atoms with E-state index in [0.29, 0.717) is 12.4 Å². The van der Waals surface area contributed by atoms with Crippen LogP contribution in [0.3, 0.4) is 0 Å². The number of nitrogens with one attached hydrogen (secondary N) is 3. The van der Waals surface area contributed by atoms with E-state index < -0.39 is 0 Å². The van der Waals surface area contributed by atoms with Crippen LogP contribution in [0.1, 0.15) is 0 Å². The average Bonchev–Trinajstić information content (AvgIpc) is 3.63. The van der Waals surface area contributed by atoms with Gasteiger partial charge in [0, 0.05) is 54.9 Å². The van der Waals surface area contributed by atoms with E-state index in [2.05, 4.69) is 49.8 Å². The Morgan fingerprint density at radius 2 is 1.82 bits per heavy atom. The highest BCUT2D eigenvalue weighted by molar-refractivity contribution is 7.17. The minimum Gasteiger partial charge on any atom is -0.339 e. The SMILES string of the molecule is CN1CCN(CC(=O)Nc2cccc(-c3nc(Nc4ccc(-c5cn[nH]c5)cc4)c4sccc4n3)c2)CC1. The minimum atomic E-state index is -0.0119. The number of aromatic nitrogens is 4. The van der Waals surface area contributed by atoms with Crippen molar-refractivity contribution in [1.82, 2.24) is 30.0 Å². The number of aromatic amines is 1. The molecule has 1 amide bonds. The summed E-state index contributed by atoms with van der Waals surface area (Å²) in [4.78, 5) is 26.8. The lowest BCUT2D eigenvalue weighted by Gasteiger charge is -2.31. The molecule has 0 aliphatic carbocycles. The third-order valence-corrected chi connectivity index (χ3v) is 7.56. The fourth-order valence-electron chi connectivity index (χ4n) is 4.51. The number of thiophene rings is 1. The number of piperazine rings is 1. The highest BCUT2D eigenvalue weighted by Crippen LogP contribution is 2.32. The average molecular weight is 525 g/mol. The van der Waals surface area contributed by atoms with Gasteiger partial charge in [-0.15, -0.1) is 11.3 Å². The molecule has 0 saturated carbocycles. The number of rotatable bonds is 7. The maximum absolute atomic E-state index is 12.7. The minimum absolute atomic E-state index is 0.0119. The van der Waals surface area contributed by atoms with Crippen LogP contribution in [-0.2, 0) is 4.79 Å². The Hall–Kier alpha value is -4.12. The molecule has 192 valence electrons. The smallest absolute Gasteiger partial charge is 0.238 e. The second kappa shape index (κ2) is 10.7. The van der Waals surface area contributed by atoms with E-state index >= 15 is 0 Å². The summed E-state index contributed by atoms with van der Waals surface area (Å²) in [5, 5.41) is 15.4. The van der Waals surface area contributed by atoms with Crippen molar-refractivity contribution in [2.75, 3.05) is 50.4 Å². The molecule has 9 nitrogen and oxygen atoms in total. The van der Waals surface area contributed by atoms with E-state index in [9.17, 15) is 4.79 Å². The molecule has 0 atom stereocenters. The highest BCUT2D eigenvalue weighted by Gasteiger charge is 2.17. The summed E-state index contributed by atoms with van der Waals surface area (Å²) in [5.41, 5.74) is 5.51. The van der Waals surface area contributed by atoms with Crippen LogP contribution in [0.4, 0.5) is 17.2 Å². The lowest BCUT2D eigenvalue weighted by Crippen LogP contribution is -2.47.